The van der Waals surface area contributed by atoms with E-state index < -0.39 is 15.6 Å². The van der Waals surface area contributed by atoms with Crippen molar-refractivity contribution < 1.29 is 18.3 Å². The van der Waals surface area contributed by atoms with E-state index in [1.807, 2.05) is 18.2 Å². The average Bonchev–Trinajstić information content (AvgIpc) is 3.24. The second-order valence-electron chi connectivity index (χ2n) is 8.64. The van der Waals surface area contributed by atoms with Crippen molar-refractivity contribution in [3.63, 3.8) is 0 Å². The number of hydrogen-bond donors (Lipinski definition) is 3. The molecule has 36 heavy (non-hydrogen) atoms. The van der Waals surface area contributed by atoms with Crippen LogP contribution in [0.2, 0.25) is 5.02 Å². The maximum absolute atomic E-state index is 13.0. The van der Waals surface area contributed by atoms with Gasteiger partial charge in [0.1, 0.15) is 10.4 Å². The van der Waals surface area contributed by atoms with Crippen LogP contribution in [0.5, 0.6) is 0 Å². The second kappa shape index (κ2) is 9.36. The van der Waals surface area contributed by atoms with Gasteiger partial charge in [0.15, 0.2) is 5.13 Å². The molecule has 0 bridgehead atoms. The zero-order valence-electron chi connectivity index (χ0n) is 19.0. The molecule has 0 atom stereocenters. The van der Waals surface area contributed by atoms with Gasteiger partial charge in [-0.25, -0.2) is 13.4 Å². The van der Waals surface area contributed by atoms with Crippen LogP contribution in [0.25, 0.3) is 10.2 Å². The molecule has 1 amide bonds. The lowest BCUT2D eigenvalue weighted by Gasteiger charge is -2.39. The Balaban J connectivity index is 1.27. The van der Waals surface area contributed by atoms with Crippen molar-refractivity contribution in [2.24, 2.45) is 0 Å². The fourth-order valence-electron chi connectivity index (χ4n) is 4.42. The largest absolute Gasteiger partial charge is 0.385 e. The van der Waals surface area contributed by atoms with Gasteiger partial charge in [-0.15, -0.1) is 0 Å². The number of thiazole rings is 1. The quantitative estimate of drug-likeness (QED) is 0.342. The summed E-state index contributed by atoms with van der Waals surface area (Å²) < 4.78 is 29.2. The van der Waals surface area contributed by atoms with Gasteiger partial charge in [0, 0.05) is 34.9 Å². The third-order valence-corrected chi connectivity index (χ3v) is 8.92. The molecule has 1 aliphatic rings. The minimum absolute atomic E-state index is 0.0347. The van der Waals surface area contributed by atoms with Crippen LogP contribution in [0.3, 0.4) is 0 Å². The minimum Gasteiger partial charge on any atom is -0.385 e. The molecule has 3 aromatic carbocycles. The summed E-state index contributed by atoms with van der Waals surface area (Å²) in [5, 5.41) is 11.9. The van der Waals surface area contributed by atoms with Crippen molar-refractivity contribution in [2.75, 3.05) is 23.5 Å². The highest BCUT2D eigenvalue weighted by atomic mass is 35.5. The highest BCUT2D eigenvalue weighted by Crippen LogP contribution is 2.37. The Bertz CT molecular complexity index is 1550. The van der Waals surface area contributed by atoms with Crippen molar-refractivity contribution >= 4 is 59.9 Å². The number of nitrogens with zero attached hydrogens (tertiary/aromatic N) is 2. The number of fused-ring (bicyclic) bond motifs is 1. The maximum atomic E-state index is 13.0. The van der Waals surface area contributed by atoms with Gasteiger partial charge in [0.25, 0.3) is 15.9 Å². The number of amides is 1. The second-order valence-corrected chi connectivity index (χ2v) is 11.8. The molecule has 8 nitrogen and oxygen atoms in total. The number of nitrogen functional groups attached to an aromatic ring is 1. The summed E-state index contributed by atoms with van der Waals surface area (Å²) in [7, 11) is -3.92. The first-order valence-corrected chi connectivity index (χ1v) is 13.9. The molecule has 0 radical (unpaired) electrons. The number of benzene rings is 3. The van der Waals surface area contributed by atoms with Gasteiger partial charge in [0.05, 0.1) is 10.3 Å². The number of hydrogen-bond acceptors (Lipinski definition) is 7. The lowest BCUT2D eigenvalue weighted by molar-refractivity contribution is -0.0210. The number of aliphatic hydroxyl groups is 1. The van der Waals surface area contributed by atoms with E-state index in [4.69, 9.17) is 17.3 Å². The zero-order valence-corrected chi connectivity index (χ0v) is 21.4. The van der Waals surface area contributed by atoms with Crippen molar-refractivity contribution in [3.8, 4) is 0 Å². The Morgan fingerprint density at radius 1 is 1.06 bits per heavy atom. The van der Waals surface area contributed by atoms with Gasteiger partial charge in [-0.2, -0.15) is 0 Å². The molecule has 11 heteroatoms. The van der Waals surface area contributed by atoms with Crippen LogP contribution in [0.15, 0.2) is 71.6 Å². The normalized spacial score (nSPS) is 15.7. The molecule has 4 N–H and O–H groups in total. The topological polar surface area (TPSA) is 126 Å². The van der Waals surface area contributed by atoms with Gasteiger partial charge in [0.2, 0.25) is 0 Å². The van der Waals surface area contributed by atoms with Crippen molar-refractivity contribution in [1.29, 1.82) is 0 Å². The molecule has 1 aliphatic heterocycles. The van der Waals surface area contributed by atoms with Crippen LogP contribution in [0, 0.1) is 0 Å². The minimum atomic E-state index is -3.92. The van der Waals surface area contributed by atoms with Crippen molar-refractivity contribution in [2.45, 2.75) is 23.3 Å². The molecule has 0 unspecified atom stereocenters. The Kier molecular flexibility index (Phi) is 6.37. The van der Waals surface area contributed by atoms with Crippen LogP contribution in [0.1, 0.15) is 28.8 Å². The number of carbonyl (C=O) groups excluding carboxylic acids is 1. The summed E-state index contributed by atoms with van der Waals surface area (Å²) in [6.07, 6.45) is 0.736. The van der Waals surface area contributed by atoms with Crippen LogP contribution >= 0.6 is 22.9 Å². The molecule has 1 aromatic heterocycles. The lowest BCUT2D eigenvalue weighted by atomic mass is 9.84. The smallest absolute Gasteiger partial charge is 0.264 e. The van der Waals surface area contributed by atoms with Crippen LogP contribution in [0.4, 0.5) is 10.8 Å². The number of sulfonamides is 1. The Labute approximate surface area is 217 Å². The molecular weight excluding hydrogens is 520 g/mol. The molecular formula is C25H23ClN4O4S2. The van der Waals surface area contributed by atoms with Gasteiger partial charge in [-0.1, -0.05) is 47.2 Å². The van der Waals surface area contributed by atoms with E-state index in [9.17, 15) is 18.3 Å². The summed E-state index contributed by atoms with van der Waals surface area (Å²) in [5.41, 5.74) is 6.41. The first kappa shape index (κ1) is 24.5. The zero-order chi connectivity index (χ0) is 25.5. The number of anilines is 2. The average molecular weight is 543 g/mol. The SMILES string of the molecule is Nc1nc2c(S(=O)(=O)Nc3ccc(C(=O)N4CCC(O)(c5ccccc5Cl)CC4)cc3)cccc2s1. The Hall–Kier alpha value is -3.18. The number of aromatic nitrogens is 1. The Morgan fingerprint density at radius 3 is 2.44 bits per heavy atom. The maximum Gasteiger partial charge on any atom is 0.264 e. The third-order valence-electron chi connectivity index (χ3n) is 6.33. The standard InChI is InChI=1S/C25H23ClN4O4S2/c26-19-5-2-1-4-18(19)25(32)12-14-30(15-13-25)23(31)16-8-10-17(11-9-16)29-36(33,34)21-7-3-6-20-22(21)28-24(27)35-20/h1-11,29,32H,12-15H2,(H2,27,28). The molecule has 1 fully saturated rings. The van der Waals surface area contributed by atoms with Crippen LogP contribution in [-0.4, -0.2) is 42.4 Å². The first-order valence-electron chi connectivity index (χ1n) is 11.2. The van der Waals surface area contributed by atoms with Crippen molar-refractivity contribution in [1.82, 2.24) is 9.88 Å². The number of halogens is 1. The molecule has 1 saturated heterocycles. The monoisotopic (exact) mass is 542 g/mol. The summed E-state index contributed by atoms with van der Waals surface area (Å²) >= 11 is 7.49. The fourth-order valence-corrected chi connectivity index (χ4v) is 6.78. The molecule has 4 aromatic rings. The summed E-state index contributed by atoms with van der Waals surface area (Å²) in [5.74, 6) is -0.187. The number of para-hydroxylation sites is 1. The summed E-state index contributed by atoms with van der Waals surface area (Å²) in [6.45, 7) is 0.741. The number of carbonyl (C=O) groups is 1. The van der Waals surface area contributed by atoms with E-state index in [0.717, 1.165) is 0 Å². The van der Waals surface area contributed by atoms with E-state index >= 15 is 0 Å². The summed E-state index contributed by atoms with van der Waals surface area (Å²) in [6, 6.07) is 18.3. The van der Waals surface area contributed by atoms with Crippen LogP contribution in [-0.2, 0) is 15.6 Å². The number of rotatable bonds is 5. The predicted octanol–water partition coefficient (Wildman–Crippen LogP) is 4.46. The molecule has 0 spiro atoms. The van der Waals surface area contributed by atoms with Gasteiger partial charge >= 0.3 is 0 Å². The molecule has 5 rings (SSSR count). The molecule has 186 valence electrons. The summed E-state index contributed by atoms with van der Waals surface area (Å²) in [4.78, 5) is 18.9. The van der Waals surface area contributed by atoms with Crippen LogP contribution < -0.4 is 10.5 Å². The van der Waals surface area contributed by atoms with E-state index in [2.05, 4.69) is 9.71 Å². The van der Waals surface area contributed by atoms with E-state index in [-0.39, 0.29) is 10.8 Å². The molecule has 2 heterocycles. The van der Waals surface area contributed by atoms with Gasteiger partial charge in [-0.3, -0.25) is 9.52 Å². The lowest BCUT2D eigenvalue weighted by Crippen LogP contribution is -2.45. The molecule has 0 saturated carbocycles. The third kappa shape index (κ3) is 4.64. The first-order chi connectivity index (χ1) is 17.2. The van der Waals surface area contributed by atoms with E-state index in [1.165, 1.54) is 17.4 Å². The van der Waals surface area contributed by atoms with E-state index in [0.29, 0.717) is 63.1 Å². The van der Waals surface area contributed by atoms with E-state index in [1.54, 1.807) is 47.4 Å². The fraction of sp³-hybridized carbons (Fsp3) is 0.200. The van der Waals surface area contributed by atoms with Crippen molar-refractivity contribution in [3.05, 3.63) is 82.9 Å². The Morgan fingerprint density at radius 2 is 1.75 bits per heavy atom. The highest BCUT2D eigenvalue weighted by molar-refractivity contribution is 7.93. The number of likely N-dealkylation sites (tertiary alicyclic amines) is 1. The van der Waals surface area contributed by atoms with Gasteiger partial charge in [-0.05, 0) is 55.3 Å². The number of piperidine rings is 1. The predicted molar refractivity (Wildman–Crippen MR) is 142 cm³/mol. The number of nitrogens with one attached hydrogen (secondary N) is 1. The highest BCUT2D eigenvalue weighted by Gasteiger charge is 2.37. The molecule has 0 aliphatic carbocycles. The van der Waals surface area contributed by atoms with Gasteiger partial charge < -0.3 is 15.7 Å². The number of nitrogens with two attached hydrogens (primary N) is 1.